The molecule has 1 saturated carbocycles. The minimum absolute atomic E-state index is 0.749. The van der Waals surface area contributed by atoms with Gasteiger partial charge in [-0.05, 0) is 116 Å². The normalized spacial score (nSPS) is 28.4. The molecule has 0 N–H and O–H groups in total. The van der Waals surface area contributed by atoms with Gasteiger partial charge in [0.1, 0.15) is 11.5 Å². The fourth-order valence-corrected chi connectivity index (χ4v) is 6.34. The first-order valence-corrected chi connectivity index (χ1v) is 10.7. The highest BCUT2D eigenvalue weighted by atomic mass is 16.5. The number of fused-ring (bicyclic) bond motifs is 7. The van der Waals surface area contributed by atoms with E-state index in [1.807, 2.05) is 0 Å². The maximum absolute atomic E-state index is 5.74. The molecule has 0 radical (unpaired) electrons. The van der Waals surface area contributed by atoms with Crippen LogP contribution >= 0.6 is 0 Å². The Morgan fingerprint density at radius 2 is 1.33 bits per heavy atom. The molecule has 0 bridgehead atoms. The number of benzene rings is 2. The van der Waals surface area contributed by atoms with Crippen LogP contribution in [0.15, 0.2) is 36.4 Å². The third-order valence-electron chi connectivity index (χ3n) is 7.44. The van der Waals surface area contributed by atoms with Gasteiger partial charge in [0.15, 0.2) is 0 Å². The number of aryl methyl sites for hydroxylation is 2. The largest absolute Gasteiger partial charge is 0.497 e. The van der Waals surface area contributed by atoms with Crippen molar-refractivity contribution in [3.05, 3.63) is 58.7 Å². The second kappa shape index (κ2) is 6.89. The minimum Gasteiger partial charge on any atom is -0.497 e. The van der Waals surface area contributed by atoms with Crippen LogP contribution in [0.1, 0.15) is 66.7 Å². The first-order valence-electron chi connectivity index (χ1n) is 10.7. The average Bonchev–Trinajstić information content (AvgIpc) is 2.72. The van der Waals surface area contributed by atoms with Crippen LogP contribution < -0.4 is 9.47 Å². The molecule has 2 aromatic rings. The summed E-state index contributed by atoms with van der Waals surface area (Å²) < 4.78 is 11.2. The Morgan fingerprint density at radius 3 is 1.89 bits per heavy atom. The van der Waals surface area contributed by atoms with Crippen molar-refractivity contribution < 1.29 is 9.47 Å². The number of rotatable bonds is 3. The minimum atomic E-state index is 0.749. The summed E-state index contributed by atoms with van der Waals surface area (Å²) in [5, 5.41) is 0. The van der Waals surface area contributed by atoms with Crippen LogP contribution in [0, 0.1) is 11.8 Å². The number of hydrogen-bond donors (Lipinski definition) is 0. The standard InChI is InChI=1S/C25H30O2/c1-3-27-19-7-11-21-17(15-19)5-9-25-23(21)13-12-22-20-10-6-18(26-2)14-16(20)4-8-24(22)25/h6-7,10-11,14-15,22-25H,3-5,8-9,12-13H2,1-2H3/t22-,23-,24+,25-/m1/s1. The lowest BCUT2D eigenvalue weighted by atomic mass is 9.56. The SMILES string of the molecule is CCOc1ccc2c(c1)CC[C@H]1[C@H]3CCc4cc(OC)ccc4[C@H]3CC[C@H]21. The van der Waals surface area contributed by atoms with Crippen molar-refractivity contribution in [1.82, 2.24) is 0 Å². The molecule has 0 aliphatic heterocycles. The molecular formula is C25H30O2. The highest BCUT2D eigenvalue weighted by Crippen LogP contribution is 2.56. The molecule has 0 aromatic heterocycles. The van der Waals surface area contributed by atoms with Gasteiger partial charge < -0.3 is 9.47 Å². The second-order valence-corrected chi connectivity index (χ2v) is 8.55. The Kier molecular flexibility index (Phi) is 4.38. The zero-order valence-electron chi connectivity index (χ0n) is 16.5. The zero-order valence-corrected chi connectivity index (χ0v) is 16.5. The van der Waals surface area contributed by atoms with Gasteiger partial charge in [0.05, 0.1) is 13.7 Å². The van der Waals surface area contributed by atoms with Crippen LogP contribution in [0.25, 0.3) is 0 Å². The maximum atomic E-state index is 5.74. The van der Waals surface area contributed by atoms with Crippen molar-refractivity contribution in [2.45, 2.75) is 57.3 Å². The Hall–Kier alpha value is -1.96. The number of hydrogen-bond acceptors (Lipinski definition) is 2. The lowest BCUT2D eigenvalue weighted by molar-refractivity contribution is 0.136. The molecule has 0 spiro atoms. The first kappa shape index (κ1) is 17.2. The smallest absolute Gasteiger partial charge is 0.119 e. The van der Waals surface area contributed by atoms with Gasteiger partial charge in [-0.2, -0.15) is 0 Å². The van der Waals surface area contributed by atoms with E-state index in [2.05, 4.69) is 43.3 Å². The summed E-state index contributed by atoms with van der Waals surface area (Å²) in [7, 11) is 1.77. The van der Waals surface area contributed by atoms with E-state index in [9.17, 15) is 0 Å². The molecule has 0 saturated heterocycles. The van der Waals surface area contributed by atoms with E-state index in [4.69, 9.17) is 9.47 Å². The van der Waals surface area contributed by atoms with E-state index >= 15 is 0 Å². The molecule has 142 valence electrons. The second-order valence-electron chi connectivity index (χ2n) is 8.55. The lowest BCUT2D eigenvalue weighted by Gasteiger charge is -2.49. The third kappa shape index (κ3) is 2.85. The van der Waals surface area contributed by atoms with Gasteiger partial charge in [-0.25, -0.2) is 0 Å². The fourth-order valence-electron chi connectivity index (χ4n) is 6.34. The van der Waals surface area contributed by atoms with Crippen molar-refractivity contribution in [3.63, 3.8) is 0 Å². The van der Waals surface area contributed by atoms with E-state index < -0.39 is 0 Å². The molecule has 0 heterocycles. The van der Waals surface area contributed by atoms with Gasteiger partial charge in [-0.3, -0.25) is 0 Å². The first-order chi connectivity index (χ1) is 13.3. The topological polar surface area (TPSA) is 18.5 Å². The summed E-state index contributed by atoms with van der Waals surface area (Å²) >= 11 is 0. The number of methoxy groups -OCH3 is 1. The molecule has 0 unspecified atom stereocenters. The summed E-state index contributed by atoms with van der Waals surface area (Å²) in [5.74, 6) is 5.27. The summed E-state index contributed by atoms with van der Waals surface area (Å²) in [6, 6.07) is 13.7. The van der Waals surface area contributed by atoms with Gasteiger partial charge >= 0.3 is 0 Å². The van der Waals surface area contributed by atoms with Crippen LogP contribution in [-0.2, 0) is 12.8 Å². The number of ether oxygens (including phenoxy) is 2. The van der Waals surface area contributed by atoms with E-state index in [1.54, 1.807) is 23.8 Å². The summed E-state index contributed by atoms with van der Waals surface area (Å²) in [4.78, 5) is 0. The summed E-state index contributed by atoms with van der Waals surface area (Å²) in [6.45, 7) is 2.81. The van der Waals surface area contributed by atoms with Crippen molar-refractivity contribution >= 4 is 0 Å². The van der Waals surface area contributed by atoms with E-state index in [-0.39, 0.29) is 0 Å². The van der Waals surface area contributed by atoms with E-state index in [0.29, 0.717) is 0 Å². The van der Waals surface area contributed by atoms with Crippen LogP contribution in [0.2, 0.25) is 0 Å². The lowest BCUT2D eigenvalue weighted by Crippen LogP contribution is -2.38. The average molecular weight is 363 g/mol. The summed E-state index contributed by atoms with van der Waals surface area (Å²) in [6.07, 6.45) is 7.79. The molecule has 2 aromatic carbocycles. The molecule has 1 fully saturated rings. The highest BCUT2D eigenvalue weighted by Gasteiger charge is 2.44. The van der Waals surface area contributed by atoms with E-state index in [1.165, 1.54) is 44.1 Å². The molecule has 0 amide bonds. The Labute approximate surface area is 162 Å². The molecule has 2 nitrogen and oxygen atoms in total. The van der Waals surface area contributed by atoms with Gasteiger partial charge in [-0.1, -0.05) is 12.1 Å². The maximum Gasteiger partial charge on any atom is 0.119 e. The molecule has 3 aliphatic rings. The molecule has 3 aliphatic carbocycles. The van der Waals surface area contributed by atoms with Gasteiger partial charge in [0.2, 0.25) is 0 Å². The summed E-state index contributed by atoms with van der Waals surface area (Å²) in [5.41, 5.74) is 6.31. The highest BCUT2D eigenvalue weighted by molar-refractivity contribution is 5.43. The van der Waals surface area contributed by atoms with Crippen molar-refractivity contribution in [2.75, 3.05) is 13.7 Å². The fraction of sp³-hybridized carbons (Fsp3) is 0.520. The third-order valence-corrected chi connectivity index (χ3v) is 7.44. The predicted octanol–water partition coefficient (Wildman–Crippen LogP) is 5.88. The van der Waals surface area contributed by atoms with E-state index in [0.717, 1.165) is 41.8 Å². The Bertz CT molecular complexity index is 840. The molecule has 4 atom stereocenters. The van der Waals surface area contributed by atoms with Crippen molar-refractivity contribution in [2.24, 2.45) is 11.8 Å². The predicted molar refractivity (Wildman–Crippen MR) is 109 cm³/mol. The monoisotopic (exact) mass is 362 g/mol. The van der Waals surface area contributed by atoms with Gasteiger partial charge in [0, 0.05) is 0 Å². The quantitative estimate of drug-likeness (QED) is 0.679. The van der Waals surface area contributed by atoms with Crippen molar-refractivity contribution in [3.8, 4) is 11.5 Å². The molecule has 27 heavy (non-hydrogen) atoms. The van der Waals surface area contributed by atoms with Crippen LogP contribution in [0.3, 0.4) is 0 Å². The Morgan fingerprint density at radius 1 is 0.778 bits per heavy atom. The Balaban J connectivity index is 1.43. The molecule has 5 rings (SSSR count). The zero-order chi connectivity index (χ0) is 18.4. The van der Waals surface area contributed by atoms with Crippen LogP contribution in [0.4, 0.5) is 0 Å². The molecular weight excluding hydrogens is 332 g/mol. The molecule has 2 heteroatoms. The van der Waals surface area contributed by atoms with Crippen LogP contribution in [0.5, 0.6) is 11.5 Å². The van der Waals surface area contributed by atoms with Crippen LogP contribution in [-0.4, -0.2) is 13.7 Å². The van der Waals surface area contributed by atoms with Gasteiger partial charge in [0.25, 0.3) is 0 Å². The van der Waals surface area contributed by atoms with Crippen molar-refractivity contribution in [1.29, 1.82) is 0 Å². The van der Waals surface area contributed by atoms with Gasteiger partial charge in [-0.15, -0.1) is 0 Å².